The number of carbonyl (C=O) groups is 2. The van der Waals surface area contributed by atoms with Gasteiger partial charge in [-0.3, -0.25) is 9.59 Å². The first-order chi connectivity index (χ1) is 7.49. The predicted molar refractivity (Wildman–Crippen MR) is 64.5 cm³/mol. The van der Waals surface area contributed by atoms with Gasteiger partial charge in [-0.1, -0.05) is 35.0 Å². The SMILES string of the molecule is C[C@H](CC(=O)O)CC(=O)c1ccc(Br)cc1. The lowest BCUT2D eigenvalue weighted by atomic mass is 9.97. The van der Waals surface area contributed by atoms with Crippen LogP contribution >= 0.6 is 15.9 Å². The number of Topliss-reactive ketones (excluding diaryl/α,β-unsaturated/α-hetero) is 1. The molecular weight excluding hydrogens is 272 g/mol. The summed E-state index contributed by atoms with van der Waals surface area (Å²) in [7, 11) is 0. The molecule has 0 radical (unpaired) electrons. The van der Waals surface area contributed by atoms with Gasteiger partial charge in [0, 0.05) is 22.9 Å². The van der Waals surface area contributed by atoms with Crippen molar-refractivity contribution in [3.8, 4) is 0 Å². The molecule has 3 nitrogen and oxygen atoms in total. The summed E-state index contributed by atoms with van der Waals surface area (Å²) in [4.78, 5) is 22.2. The molecule has 1 aromatic carbocycles. The minimum Gasteiger partial charge on any atom is -0.481 e. The van der Waals surface area contributed by atoms with Gasteiger partial charge in [-0.05, 0) is 18.1 Å². The maximum atomic E-state index is 11.7. The van der Waals surface area contributed by atoms with E-state index in [9.17, 15) is 9.59 Å². The smallest absolute Gasteiger partial charge is 0.303 e. The average molecular weight is 285 g/mol. The van der Waals surface area contributed by atoms with E-state index in [2.05, 4.69) is 15.9 Å². The zero-order valence-electron chi connectivity index (χ0n) is 8.94. The van der Waals surface area contributed by atoms with Gasteiger partial charge in [-0.25, -0.2) is 0 Å². The van der Waals surface area contributed by atoms with Gasteiger partial charge in [-0.2, -0.15) is 0 Å². The molecule has 0 aliphatic rings. The Labute approximate surface area is 103 Å². The average Bonchev–Trinajstić information content (AvgIpc) is 2.16. The number of aliphatic carboxylic acids is 1. The fourth-order valence-electron chi connectivity index (χ4n) is 1.44. The molecule has 0 unspecified atom stereocenters. The normalized spacial score (nSPS) is 12.1. The highest BCUT2D eigenvalue weighted by molar-refractivity contribution is 9.10. The Morgan fingerprint density at radius 3 is 2.31 bits per heavy atom. The van der Waals surface area contributed by atoms with Crippen LogP contribution < -0.4 is 0 Å². The Balaban J connectivity index is 2.58. The number of carboxylic acids is 1. The summed E-state index contributed by atoms with van der Waals surface area (Å²) in [6.07, 6.45) is 0.302. The lowest BCUT2D eigenvalue weighted by molar-refractivity contribution is -0.137. The van der Waals surface area contributed by atoms with Crippen molar-refractivity contribution >= 4 is 27.7 Å². The molecule has 1 aromatic rings. The number of hydrogen-bond donors (Lipinski definition) is 1. The van der Waals surface area contributed by atoms with Crippen LogP contribution in [0.1, 0.15) is 30.1 Å². The van der Waals surface area contributed by atoms with Crippen LogP contribution in [-0.4, -0.2) is 16.9 Å². The Bertz CT molecular complexity index is 384. The summed E-state index contributed by atoms with van der Waals surface area (Å²) in [5.41, 5.74) is 0.625. The van der Waals surface area contributed by atoms with E-state index in [1.54, 1.807) is 31.2 Å². The minimum atomic E-state index is -0.865. The van der Waals surface area contributed by atoms with Crippen molar-refractivity contribution in [3.63, 3.8) is 0 Å². The van der Waals surface area contributed by atoms with E-state index in [1.165, 1.54) is 0 Å². The third kappa shape index (κ3) is 4.14. The van der Waals surface area contributed by atoms with Gasteiger partial charge in [0.15, 0.2) is 5.78 Å². The van der Waals surface area contributed by atoms with Gasteiger partial charge < -0.3 is 5.11 Å². The minimum absolute atomic E-state index is 0.0127. The lowest BCUT2D eigenvalue weighted by Gasteiger charge is -2.07. The second-order valence-electron chi connectivity index (χ2n) is 3.84. The maximum absolute atomic E-state index is 11.7. The van der Waals surface area contributed by atoms with E-state index in [0.29, 0.717) is 5.56 Å². The molecule has 1 N–H and O–H groups in total. The Morgan fingerprint density at radius 2 is 1.81 bits per heavy atom. The van der Waals surface area contributed by atoms with Gasteiger partial charge in [0.25, 0.3) is 0 Å². The molecule has 0 bridgehead atoms. The van der Waals surface area contributed by atoms with Crippen molar-refractivity contribution in [1.82, 2.24) is 0 Å². The van der Waals surface area contributed by atoms with Crippen molar-refractivity contribution in [3.05, 3.63) is 34.3 Å². The van der Waals surface area contributed by atoms with Gasteiger partial charge in [0.05, 0.1) is 0 Å². The third-order valence-corrected chi connectivity index (χ3v) is 2.75. The highest BCUT2D eigenvalue weighted by Gasteiger charge is 2.13. The quantitative estimate of drug-likeness (QED) is 0.845. The highest BCUT2D eigenvalue weighted by atomic mass is 79.9. The fraction of sp³-hybridized carbons (Fsp3) is 0.333. The number of rotatable bonds is 5. The number of ketones is 1. The first-order valence-electron chi connectivity index (χ1n) is 4.99. The van der Waals surface area contributed by atoms with E-state index in [0.717, 1.165) is 4.47 Å². The molecule has 0 spiro atoms. The van der Waals surface area contributed by atoms with Gasteiger partial charge in [0.2, 0.25) is 0 Å². The Kier molecular flexibility index (Phi) is 4.68. The summed E-state index contributed by atoms with van der Waals surface area (Å²) >= 11 is 3.29. The molecule has 1 atom stereocenters. The second kappa shape index (κ2) is 5.80. The molecule has 0 saturated carbocycles. The summed E-state index contributed by atoms with van der Waals surface area (Å²) in [5, 5.41) is 8.59. The molecule has 16 heavy (non-hydrogen) atoms. The number of benzene rings is 1. The standard InChI is InChI=1S/C12H13BrO3/c1-8(7-12(15)16)6-11(14)9-2-4-10(13)5-3-9/h2-5,8H,6-7H2,1H3,(H,15,16)/t8-/m0/s1. The van der Waals surface area contributed by atoms with E-state index >= 15 is 0 Å². The van der Waals surface area contributed by atoms with Gasteiger partial charge in [-0.15, -0.1) is 0 Å². The van der Waals surface area contributed by atoms with Crippen LogP contribution in [0.4, 0.5) is 0 Å². The second-order valence-corrected chi connectivity index (χ2v) is 4.75. The Hall–Kier alpha value is -1.16. The molecule has 0 fully saturated rings. The van der Waals surface area contributed by atoms with Crippen molar-refractivity contribution in [2.24, 2.45) is 5.92 Å². The largest absolute Gasteiger partial charge is 0.481 e. The summed E-state index contributed by atoms with van der Waals surface area (Å²) in [6, 6.07) is 7.07. The zero-order valence-corrected chi connectivity index (χ0v) is 10.5. The number of halogens is 1. The van der Waals surface area contributed by atoms with Crippen LogP contribution in [0.15, 0.2) is 28.7 Å². The maximum Gasteiger partial charge on any atom is 0.303 e. The molecule has 0 amide bonds. The van der Waals surface area contributed by atoms with Crippen molar-refractivity contribution < 1.29 is 14.7 Å². The highest BCUT2D eigenvalue weighted by Crippen LogP contribution is 2.15. The van der Waals surface area contributed by atoms with Gasteiger partial charge in [0.1, 0.15) is 0 Å². The Morgan fingerprint density at radius 1 is 1.25 bits per heavy atom. The van der Waals surface area contributed by atoms with E-state index in [4.69, 9.17) is 5.11 Å². The van der Waals surface area contributed by atoms with Crippen LogP contribution in [0.5, 0.6) is 0 Å². The summed E-state index contributed by atoms with van der Waals surface area (Å²) in [6.45, 7) is 1.77. The van der Waals surface area contributed by atoms with Crippen molar-refractivity contribution in [2.75, 3.05) is 0 Å². The number of hydrogen-bond acceptors (Lipinski definition) is 2. The molecule has 0 aromatic heterocycles. The topological polar surface area (TPSA) is 54.4 Å². The number of carbonyl (C=O) groups excluding carboxylic acids is 1. The number of carboxylic acid groups (broad SMARTS) is 1. The summed E-state index contributed by atoms with van der Waals surface area (Å²) in [5.74, 6) is -1.01. The van der Waals surface area contributed by atoms with E-state index in [1.807, 2.05) is 0 Å². The molecule has 0 aliphatic carbocycles. The van der Waals surface area contributed by atoms with Crippen LogP contribution in [0.2, 0.25) is 0 Å². The van der Waals surface area contributed by atoms with Crippen LogP contribution in [0.3, 0.4) is 0 Å². The van der Waals surface area contributed by atoms with Crippen LogP contribution in [-0.2, 0) is 4.79 Å². The van der Waals surface area contributed by atoms with Crippen LogP contribution in [0, 0.1) is 5.92 Å². The third-order valence-electron chi connectivity index (χ3n) is 2.22. The van der Waals surface area contributed by atoms with Crippen LogP contribution in [0.25, 0.3) is 0 Å². The summed E-state index contributed by atoms with van der Waals surface area (Å²) < 4.78 is 0.919. The van der Waals surface area contributed by atoms with E-state index < -0.39 is 5.97 Å². The first-order valence-corrected chi connectivity index (χ1v) is 5.79. The van der Waals surface area contributed by atoms with Gasteiger partial charge >= 0.3 is 5.97 Å². The van der Waals surface area contributed by atoms with Crippen molar-refractivity contribution in [2.45, 2.75) is 19.8 Å². The first kappa shape index (κ1) is 12.9. The monoisotopic (exact) mass is 284 g/mol. The molecule has 4 heteroatoms. The molecule has 0 heterocycles. The molecule has 1 rings (SSSR count). The molecule has 0 aliphatic heterocycles. The van der Waals surface area contributed by atoms with E-state index in [-0.39, 0.29) is 24.5 Å². The zero-order chi connectivity index (χ0) is 12.1. The lowest BCUT2D eigenvalue weighted by Crippen LogP contribution is -2.10. The van der Waals surface area contributed by atoms with Crippen molar-refractivity contribution in [1.29, 1.82) is 0 Å². The molecular formula is C12H13BrO3. The molecule has 0 saturated heterocycles. The predicted octanol–water partition coefficient (Wildman–Crippen LogP) is 3.13. The fourth-order valence-corrected chi connectivity index (χ4v) is 1.70. The molecule has 86 valence electrons.